The molecule has 0 spiro atoms. The summed E-state index contributed by atoms with van der Waals surface area (Å²) in [7, 11) is -3.60. The molecule has 0 aliphatic rings. The topological polar surface area (TPSA) is 77.3 Å². The number of benzene rings is 1. The van der Waals surface area contributed by atoms with E-state index in [0.29, 0.717) is 6.42 Å². The van der Waals surface area contributed by atoms with E-state index in [-0.39, 0.29) is 15.7 Å². The fourth-order valence-corrected chi connectivity index (χ4v) is 2.93. The summed E-state index contributed by atoms with van der Waals surface area (Å²) in [5.74, 6) is -0.116. The van der Waals surface area contributed by atoms with Crippen LogP contribution < -0.4 is 0 Å². The second-order valence-corrected chi connectivity index (χ2v) is 5.70. The summed E-state index contributed by atoms with van der Waals surface area (Å²) in [4.78, 5) is 9.69. The molecule has 1 aromatic rings. The molecule has 0 aliphatic heterocycles. The molecule has 1 rings (SSSR count). The molecule has 0 N–H and O–H groups in total. The number of hydrogen-bond acceptors (Lipinski definition) is 4. The van der Waals surface area contributed by atoms with Crippen LogP contribution in [0.4, 0.5) is 5.69 Å². The first kappa shape index (κ1) is 12.9. The van der Waals surface area contributed by atoms with E-state index >= 15 is 0 Å². The van der Waals surface area contributed by atoms with Gasteiger partial charge in [-0.3, -0.25) is 10.1 Å². The predicted octanol–water partition coefficient (Wildman–Crippen LogP) is 2.43. The highest BCUT2D eigenvalue weighted by Crippen LogP contribution is 2.28. The summed E-state index contributed by atoms with van der Waals surface area (Å²) in [6, 6.07) is 3.55. The molecule has 0 aromatic heterocycles. The van der Waals surface area contributed by atoms with Crippen molar-refractivity contribution < 1.29 is 13.3 Å². The Balaban J connectivity index is 3.39. The lowest BCUT2D eigenvalue weighted by atomic mass is 10.3. The Morgan fingerprint density at radius 1 is 1.44 bits per heavy atom. The maximum absolute atomic E-state index is 11.7. The van der Waals surface area contributed by atoms with Crippen LogP contribution in [0.2, 0.25) is 5.02 Å². The maximum atomic E-state index is 11.7. The molecule has 0 fully saturated rings. The summed E-state index contributed by atoms with van der Waals surface area (Å²) < 4.78 is 23.4. The van der Waals surface area contributed by atoms with Crippen LogP contribution in [-0.4, -0.2) is 19.1 Å². The molecule has 0 unspecified atom stereocenters. The van der Waals surface area contributed by atoms with E-state index in [1.807, 2.05) is 0 Å². The molecule has 88 valence electrons. The van der Waals surface area contributed by atoms with Crippen molar-refractivity contribution in [1.29, 1.82) is 0 Å². The minimum absolute atomic E-state index is 0.116. The van der Waals surface area contributed by atoms with Crippen LogP contribution in [0.1, 0.15) is 13.3 Å². The second kappa shape index (κ2) is 4.80. The van der Waals surface area contributed by atoms with Crippen LogP contribution in [0.15, 0.2) is 23.1 Å². The Bertz CT molecular complexity index is 512. The molecular formula is C9H10ClNO4S. The van der Waals surface area contributed by atoms with Crippen LogP contribution in [-0.2, 0) is 9.84 Å². The van der Waals surface area contributed by atoms with E-state index in [9.17, 15) is 18.5 Å². The van der Waals surface area contributed by atoms with Gasteiger partial charge in [0.1, 0.15) is 4.90 Å². The number of sulfone groups is 1. The summed E-state index contributed by atoms with van der Waals surface area (Å²) in [5, 5.41) is 10.8. The fraction of sp³-hybridized carbons (Fsp3) is 0.333. The largest absolute Gasteiger partial charge is 0.289 e. The van der Waals surface area contributed by atoms with Crippen molar-refractivity contribution in [2.75, 3.05) is 5.75 Å². The quantitative estimate of drug-likeness (QED) is 0.617. The summed E-state index contributed by atoms with van der Waals surface area (Å²) in [6.45, 7) is 1.69. The highest BCUT2D eigenvalue weighted by atomic mass is 35.5. The minimum Gasteiger partial charge on any atom is -0.258 e. The highest BCUT2D eigenvalue weighted by molar-refractivity contribution is 7.91. The van der Waals surface area contributed by atoms with E-state index in [2.05, 4.69) is 0 Å². The third kappa shape index (κ3) is 2.70. The Kier molecular flexibility index (Phi) is 3.88. The summed E-state index contributed by atoms with van der Waals surface area (Å²) >= 11 is 5.59. The Hall–Kier alpha value is -1.14. The average Bonchev–Trinajstić information content (AvgIpc) is 2.16. The van der Waals surface area contributed by atoms with Crippen LogP contribution in [0.3, 0.4) is 0 Å². The van der Waals surface area contributed by atoms with Gasteiger partial charge in [-0.05, 0) is 18.6 Å². The van der Waals surface area contributed by atoms with E-state index in [4.69, 9.17) is 11.6 Å². The molecule has 0 atom stereocenters. The van der Waals surface area contributed by atoms with Crippen molar-refractivity contribution in [2.45, 2.75) is 18.2 Å². The third-order valence-corrected chi connectivity index (χ3v) is 4.12. The summed E-state index contributed by atoms with van der Waals surface area (Å²) in [5.41, 5.74) is -0.471. The number of nitrogens with zero attached hydrogens (tertiary/aromatic N) is 1. The molecule has 0 aliphatic carbocycles. The monoisotopic (exact) mass is 263 g/mol. The number of halogens is 1. The van der Waals surface area contributed by atoms with Gasteiger partial charge in [-0.2, -0.15) is 0 Å². The Morgan fingerprint density at radius 2 is 2.06 bits per heavy atom. The summed E-state index contributed by atoms with van der Waals surface area (Å²) in [6.07, 6.45) is 0.405. The molecule has 0 radical (unpaired) electrons. The van der Waals surface area contributed by atoms with E-state index in [1.54, 1.807) is 6.92 Å². The second-order valence-electron chi connectivity index (χ2n) is 3.19. The zero-order valence-corrected chi connectivity index (χ0v) is 10.1. The molecule has 0 heterocycles. The van der Waals surface area contributed by atoms with Gasteiger partial charge in [0.15, 0.2) is 9.84 Å². The van der Waals surface area contributed by atoms with Gasteiger partial charge in [-0.1, -0.05) is 18.5 Å². The lowest BCUT2D eigenvalue weighted by Gasteiger charge is -2.03. The van der Waals surface area contributed by atoms with Crippen molar-refractivity contribution in [3.8, 4) is 0 Å². The molecule has 0 bridgehead atoms. The number of rotatable bonds is 4. The van der Waals surface area contributed by atoms with Crippen molar-refractivity contribution in [3.05, 3.63) is 33.3 Å². The molecule has 1 aromatic carbocycles. The van der Waals surface area contributed by atoms with Crippen LogP contribution in [0, 0.1) is 10.1 Å². The molecule has 0 saturated carbocycles. The lowest BCUT2D eigenvalue weighted by molar-refractivity contribution is -0.387. The molecule has 7 heteroatoms. The fourth-order valence-electron chi connectivity index (χ4n) is 1.27. The van der Waals surface area contributed by atoms with Crippen molar-refractivity contribution >= 4 is 27.1 Å². The standard InChI is InChI=1S/C9H10ClNO4S/c1-2-5-16(14,15)9-4-3-7(10)6-8(9)11(12)13/h3-4,6H,2,5H2,1H3. The van der Waals surface area contributed by atoms with Gasteiger partial charge < -0.3 is 0 Å². The van der Waals surface area contributed by atoms with Crippen LogP contribution in [0.5, 0.6) is 0 Å². The van der Waals surface area contributed by atoms with Gasteiger partial charge in [0, 0.05) is 11.1 Å². The lowest BCUT2D eigenvalue weighted by Crippen LogP contribution is -2.08. The van der Waals surface area contributed by atoms with E-state index in [0.717, 1.165) is 6.07 Å². The average molecular weight is 264 g/mol. The number of nitro benzene ring substituents is 1. The van der Waals surface area contributed by atoms with E-state index < -0.39 is 20.4 Å². The number of nitro groups is 1. The molecule has 5 nitrogen and oxygen atoms in total. The number of hydrogen-bond donors (Lipinski definition) is 0. The van der Waals surface area contributed by atoms with Gasteiger partial charge in [0.05, 0.1) is 10.7 Å². The van der Waals surface area contributed by atoms with Crippen molar-refractivity contribution in [3.63, 3.8) is 0 Å². The first-order chi connectivity index (χ1) is 7.38. The SMILES string of the molecule is CCCS(=O)(=O)c1ccc(Cl)cc1[N+](=O)[O-]. The normalized spacial score (nSPS) is 11.4. The van der Waals surface area contributed by atoms with Crippen LogP contribution >= 0.6 is 11.6 Å². The molecule has 0 amide bonds. The first-order valence-electron chi connectivity index (χ1n) is 4.55. The Morgan fingerprint density at radius 3 is 2.56 bits per heavy atom. The van der Waals surface area contributed by atoms with E-state index in [1.165, 1.54) is 12.1 Å². The van der Waals surface area contributed by atoms with Gasteiger partial charge in [0.2, 0.25) is 0 Å². The zero-order valence-electron chi connectivity index (χ0n) is 8.51. The van der Waals surface area contributed by atoms with Gasteiger partial charge in [0.25, 0.3) is 5.69 Å². The van der Waals surface area contributed by atoms with Crippen LogP contribution in [0.25, 0.3) is 0 Å². The third-order valence-electron chi connectivity index (χ3n) is 1.93. The van der Waals surface area contributed by atoms with Gasteiger partial charge in [-0.15, -0.1) is 0 Å². The Labute approximate surface area is 98.1 Å². The van der Waals surface area contributed by atoms with Crippen molar-refractivity contribution in [2.24, 2.45) is 0 Å². The van der Waals surface area contributed by atoms with Gasteiger partial charge in [-0.25, -0.2) is 8.42 Å². The smallest absolute Gasteiger partial charge is 0.258 e. The zero-order chi connectivity index (χ0) is 12.3. The molecular weight excluding hydrogens is 254 g/mol. The molecule has 0 saturated heterocycles. The van der Waals surface area contributed by atoms with Crippen molar-refractivity contribution in [1.82, 2.24) is 0 Å². The van der Waals surface area contributed by atoms with Gasteiger partial charge >= 0.3 is 0 Å². The molecule has 16 heavy (non-hydrogen) atoms. The highest BCUT2D eigenvalue weighted by Gasteiger charge is 2.25. The minimum atomic E-state index is -3.60. The predicted molar refractivity (Wildman–Crippen MR) is 60.5 cm³/mol. The first-order valence-corrected chi connectivity index (χ1v) is 6.58. The maximum Gasteiger partial charge on any atom is 0.289 e.